The third-order valence-electron chi connectivity index (χ3n) is 3.70. The summed E-state index contributed by atoms with van der Waals surface area (Å²) in [5.74, 6) is 0.808. The molecule has 2 rings (SSSR count). The van der Waals surface area contributed by atoms with Gasteiger partial charge in [-0.15, -0.1) is 0 Å². The van der Waals surface area contributed by atoms with Gasteiger partial charge in [0, 0.05) is 12.1 Å². The predicted molar refractivity (Wildman–Crippen MR) is 98.0 cm³/mol. The summed E-state index contributed by atoms with van der Waals surface area (Å²) in [5, 5.41) is 12.1. The molecule has 134 valence electrons. The van der Waals surface area contributed by atoms with Crippen molar-refractivity contribution in [3.05, 3.63) is 59.2 Å². The molecule has 0 saturated carbocycles. The Kier molecular flexibility index (Phi) is 6.63. The summed E-state index contributed by atoms with van der Waals surface area (Å²) in [6.45, 7) is 0.335. The first-order valence-electron chi connectivity index (χ1n) is 7.87. The van der Waals surface area contributed by atoms with Gasteiger partial charge in [-0.1, -0.05) is 30.3 Å². The summed E-state index contributed by atoms with van der Waals surface area (Å²) in [4.78, 5) is 12.3. The quantitative estimate of drug-likeness (QED) is 0.612. The molecule has 0 spiro atoms. The minimum Gasteiger partial charge on any atom is -0.493 e. The van der Waals surface area contributed by atoms with Gasteiger partial charge in [0.2, 0.25) is 5.75 Å². The van der Waals surface area contributed by atoms with Crippen LogP contribution in [0.3, 0.4) is 0 Å². The summed E-state index contributed by atoms with van der Waals surface area (Å²) in [6, 6.07) is 14.8. The molecule has 1 amide bonds. The molecule has 1 N–H and O–H groups in total. The molecule has 0 aliphatic carbocycles. The summed E-state index contributed by atoms with van der Waals surface area (Å²) in [6.07, 6.45) is 1.46. The Bertz CT molecular complexity index is 839. The van der Waals surface area contributed by atoms with Crippen LogP contribution >= 0.6 is 0 Å². The van der Waals surface area contributed by atoms with E-state index in [0.29, 0.717) is 29.4 Å². The van der Waals surface area contributed by atoms with Crippen LogP contribution in [0.5, 0.6) is 17.2 Å². The smallest absolute Gasteiger partial charge is 0.262 e. The molecule has 0 heterocycles. The van der Waals surface area contributed by atoms with Crippen molar-refractivity contribution in [3.63, 3.8) is 0 Å². The fraction of sp³-hybridized carbons (Fsp3) is 0.200. The Morgan fingerprint density at radius 2 is 1.73 bits per heavy atom. The van der Waals surface area contributed by atoms with Crippen LogP contribution in [0.25, 0.3) is 6.08 Å². The number of nitriles is 1. The lowest BCUT2D eigenvalue weighted by Crippen LogP contribution is -2.23. The molecule has 0 atom stereocenters. The topological polar surface area (TPSA) is 80.6 Å². The third kappa shape index (κ3) is 4.33. The number of benzene rings is 2. The van der Waals surface area contributed by atoms with Crippen molar-refractivity contribution in [2.45, 2.75) is 6.54 Å². The van der Waals surface area contributed by atoms with Crippen molar-refractivity contribution in [3.8, 4) is 23.3 Å². The van der Waals surface area contributed by atoms with Crippen molar-refractivity contribution in [2.75, 3.05) is 21.3 Å². The van der Waals surface area contributed by atoms with Crippen molar-refractivity contribution < 1.29 is 19.0 Å². The molecule has 2 aromatic carbocycles. The zero-order valence-corrected chi connectivity index (χ0v) is 14.9. The number of nitrogens with zero attached hydrogens (tertiary/aromatic N) is 1. The van der Waals surface area contributed by atoms with E-state index in [0.717, 1.165) is 5.56 Å². The summed E-state index contributed by atoms with van der Waals surface area (Å²) in [5.41, 5.74) is 1.45. The number of amides is 1. The molecule has 2 aromatic rings. The normalized spacial score (nSPS) is 10.6. The van der Waals surface area contributed by atoms with Crippen LogP contribution in [-0.4, -0.2) is 27.2 Å². The van der Waals surface area contributed by atoms with Crippen LogP contribution in [0.15, 0.2) is 48.0 Å². The van der Waals surface area contributed by atoms with E-state index in [1.165, 1.54) is 27.4 Å². The number of carbonyl (C=O) groups is 1. The van der Waals surface area contributed by atoms with Crippen LogP contribution in [0.4, 0.5) is 0 Å². The Balaban J connectivity index is 2.28. The van der Waals surface area contributed by atoms with E-state index in [1.54, 1.807) is 12.1 Å². The first kappa shape index (κ1) is 18.9. The average molecular weight is 352 g/mol. The van der Waals surface area contributed by atoms with Gasteiger partial charge in [-0.25, -0.2) is 0 Å². The molecule has 26 heavy (non-hydrogen) atoms. The zero-order chi connectivity index (χ0) is 18.9. The Morgan fingerprint density at radius 1 is 1.04 bits per heavy atom. The monoisotopic (exact) mass is 352 g/mol. The Labute approximate surface area is 152 Å². The highest BCUT2D eigenvalue weighted by Crippen LogP contribution is 2.40. The number of hydrogen-bond donors (Lipinski definition) is 1. The van der Waals surface area contributed by atoms with Gasteiger partial charge in [-0.2, -0.15) is 5.26 Å². The molecular formula is C20H20N2O4. The highest BCUT2D eigenvalue weighted by atomic mass is 16.5. The maximum atomic E-state index is 12.3. The fourth-order valence-corrected chi connectivity index (χ4v) is 2.42. The highest BCUT2D eigenvalue weighted by Gasteiger charge is 2.17. The second kappa shape index (κ2) is 9.14. The van der Waals surface area contributed by atoms with Crippen LogP contribution in [0.2, 0.25) is 0 Å². The van der Waals surface area contributed by atoms with E-state index in [2.05, 4.69) is 5.32 Å². The maximum Gasteiger partial charge on any atom is 0.262 e. The van der Waals surface area contributed by atoms with Gasteiger partial charge in [0.25, 0.3) is 5.91 Å². The Hall–Kier alpha value is -3.46. The van der Waals surface area contributed by atoms with Gasteiger partial charge in [0.05, 0.1) is 21.3 Å². The van der Waals surface area contributed by atoms with Crippen molar-refractivity contribution in [1.82, 2.24) is 5.32 Å². The molecule has 0 unspecified atom stereocenters. The number of nitrogens with one attached hydrogen (secondary N) is 1. The highest BCUT2D eigenvalue weighted by molar-refractivity contribution is 6.02. The van der Waals surface area contributed by atoms with Gasteiger partial charge < -0.3 is 19.5 Å². The average Bonchev–Trinajstić information content (AvgIpc) is 2.70. The third-order valence-corrected chi connectivity index (χ3v) is 3.70. The van der Waals surface area contributed by atoms with Crippen LogP contribution in [0, 0.1) is 11.3 Å². The summed E-state index contributed by atoms with van der Waals surface area (Å²) < 4.78 is 15.9. The van der Waals surface area contributed by atoms with E-state index in [4.69, 9.17) is 14.2 Å². The van der Waals surface area contributed by atoms with Gasteiger partial charge in [-0.3, -0.25) is 4.79 Å². The number of ether oxygens (including phenoxy) is 3. The minimum atomic E-state index is -0.465. The van der Waals surface area contributed by atoms with E-state index < -0.39 is 5.91 Å². The second-order valence-electron chi connectivity index (χ2n) is 5.26. The molecular weight excluding hydrogens is 332 g/mol. The maximum absolute atomic E-state index is 12.3. The molecule has 0 fully saturated rings. The van der Waals surface area contributed by atoms with Crippen molar-refractivity contribution in [2.24, 2.45) is 0 Å². The van der Waals surface area contributed by atoms with E-state index >= 15 is 0 Å². The van der Waals surface area contributed by atoms with Gasteiger partial charge in [-0.05, 0) is 23.8 Å². The lowest BCUT2D eigenvalue weighted by molar-refractivity contribution is -0.117. The van der Waals surface area contributed by atoms with E-state index in [9.17, 15) is 10.1 Å². The SMILES string of the molecule is COc1ccc(/C=C(/C#N)C(=O)NCc2ccccc2)c(OC)c1OC. The first-order valence-corrected chi connectivity index (χ1v) is 7.87. The molecule has 0 bridgehead atoms. The molecule has 0 radical (unpaired) electrons. The number of hydrogen-bond acceptors (Lipinski definition) is 5. The molecule has 0 aliphatic heterocycles. The molecule has 6 nitrogen and oxygen atoms in total. The number of carbonyl (C=O) groups excluding carboxylic acids is 1. The van der Waals surface area contributed by atoms with Gasteiger partial charge >= 0.3 is 0 Å². The number of methoxy groups -OCH3 is 3. The van der Waals surface area contributed by atoms with E-state index in [-0.39, 0.29) is 5.57 Å². The molecule has 0 saturated heterocycles. The number of rotatable bonds is 7. The van der Waals surface area contributed by atoms with Crippen molar-refractivity contribution >= 4 is 12.0 Å². The van der Waals surface area contributed by atoms with Crippen LogP contribution in [0.1, 0.15) is 11.1 Å². The Morgan fingerprint density at radius 3 is 2.31 bits per heavy atom. The van der Waals surface area contributed by atoms with Crippen LogP contribution in [-0.2, 0) is 11.3 Å². The van der Waals surface area contributed by atoms with Crippen LogP contribution < -0.4 is 19.5 Å². The fourth-order valence-electron chi connectivity index (χ4n) is 2.42. The van der Waals surface area contributed by atoms with Gasteiger partial charge in [0.1, 0.15) is 11.6 Å². The first-order chi connectivity index (χ1) is 12.6. The van der Waals surface area contributed by atoms with E-state index in [1.807, 2.05) is 36.4 Å². The zero-order valence-electron chi connectivity index (χ0n) is 14.9. The lowest BCUT2D eigenvalue weighted by Gasteiger charge is -2.14. The molecule has 6 heteroatoms. The standard InChI is InChI=1S/C20H20N2O4/c1-24-17-10-9-15(18(25-2)19(17)26-3)11-16(12-21)20(23)22-13-14-7-5-4-6-8-14/h4-11H,13H2,1-3H3,(H,22,23)/b16-11-. The second-order valence-corrected chi connectivity index (χ2v) is 5.26. The molecule has 0 aliphatic rings. The molecule has 0 aromatic heterocycles. The predicted octanol–water partition coefficient (Wildman–Crippen LogP) is 2.94. The lowest BCUT2D eigenvalue weighted by atomic mass is 10.1. The minimum absolute atomic E-state index is 0.0357. The van der Waals surface area contributed by atoms with Crippen molar-refractivity contribution in [1.29, 1.82) is 5.26 Å². The summed E-state index contributed by atoms with van der Waals surface area (Å²) in [7, 11) is 4.49. The largest absolute Gasteiger partial charge is 0.493 e. The van der Waals surface area contributed by atoms with Gasteiger partial charge in [0.15, 0.2) is 11.5 Å². The summed E-state index contributed by atoms with van der Waals surface area (Å²) >= 11 is 0.